The van der Waals surface area contributed by atoms with E-state index in [9.17, 15) is 9.59 Å². The summed E-state index contributed by atoms with van der Waals surface area (Å²) >= 11 is 0. The van der Waals surface area contributed by atoms with Crippen LogP contribution in [0.4, 0.5) is 9.59 Å². The number of methoxy groups -OCH3 is 1. The van der Waals surface area contributed by atoms with Crippen LogP contribution in [0.3, 0.4) is 0 Å². The molecule has 1 atom stereocenters. The van der Waals surface area contributed by atoms with Crippen molar-refractivity contribution in [2.75, 3.05) is 33.3 Å². The molecule has 0 bridgehead atoms. The Hall–Kier alpha value is -2.16. The van der Waals surface area contributed by atoms with E-state index >= 15 is 0 Å². The van der Waals surface area contributed by atoms with E-state index in [2.05, 4.69) is 15.6 Å². The molecule has 21 heavy (non-hydrogen) atoms. The molecule has 2 aliphatic rings. The second-order valence-electron chi connectivity index (χ2n) is 5.18. The summed E-state index contributed by atoms with van der Waals surface area (Å²) in [5.41, 5.74) is 0.765. The van der Waals surface area contributed by atoms with Crippen molar-refractivity contribution in [1.29, 1.82) is 0 Å². The third kappa shape index (κ3) is 2.68. The molecule has 114 valence electrons. The third-order valence-corrected chi connectivity index (χ3v) is 3.75. The summed E-state index contributed by atoms with van der Waals surface area (Å²) in [4.78, 5) is 26.7. The summed E-state index contributed by atoms with van der Waals surface area (Å²) in [5, 5.41) is 10.7. The lowest BCUT2D eigenvalue weighted by Crippen LogP contribution is -2.43. The van der Waals surface area contributed by atoms with E-state index in [-0.39, 0.29) is 18.1 Å². The number of nitrogens with zero attached hydrogens (tertiary/aromatic N) is 5. The highest BCUT2D eigenvalue weighted by Gasteiger charge is 2.35. The fourth-order valence-corrected chi connectivity index (χ4v) is 2.66. The van der Waals surface area contributed by atoms with Crippen LogP contribution in [0.25, 0.3) is 0 Å². The number of urea groups is 2. The normalized spacial score (nSPS) is 22.0. The summed E-state index contributed by atoms with van der Waals surface area (Å²) in [6, 6.07) is -0.450. The average molecular weight is 294 g/mol. The first-order valence-corrected chi connectivity index (χ1v) is 6.93. The van der Waals surface area contributed by atoms with Crippen molar-refractivity contribution in [3.05, 3.63) is 11.9 Å². The van der Waals surface area contributed by atoms with E-state index in [1.54, 1.807) is 16.7 Å². The first kappa shape index (κ1) is 13.8. The predicted molar refractivity (Wildman–Crippen MR) is 71.5 cm³/mol. The Kier molecular flexibility index (Phi) is 3.74. The summed E-state index contributed by atoms with van der Waals surface area (Å²) < 4.78 is 6.78. The van der Waals surface area contributed by atoms with Crippen molar-refractivity contribution in [3.63, 3.8) is 0 Å². The Bertz CT molecular complexity index is 545. The molecule has 4 amide bonds. The topological polar surface area (TPSA) is 92.6 Å². The minimum Gasteiger partial charge on any atom is -0.378 e. The number of rotatable bonds is 3. The maximum absolute atomic E-state index is 12.3. The van der Waals surface area contributed by atoms with Gasteiger partial charge in [0, 0.05) is 33.3 Å². The van der Waals surface area contributed by atoms with Gasteiger partial charge in [-0.25, -0.2) is 19.2 Å². The second-order valence-corrected chi connectivity index (χ2v) is 5.18. The number of likely N-dealkylation sites (tertiary alicyclic amines) is 1. The molecular weight excluding hydrogens is 276 g/mol. The fraction of sp³-hybridized carbons (Fsp3) is 0.667. The van der Waals surface area contributed by atoms with Gasteiger partial charge in [-0.3, -0.25) is 0 Å². The van der Waals surface area contributed by atoms with Crippen LogP contribution < -0.4 is 5.32 Å². The molecule has 2 saturated heterocycles. The van der Waals surface area contributed by atoms with Crippen molar-refractivity contribution in [1.82, 2.24) is 30.1 Å². The number of nitrogens with one attached hydrogen (secondary N) is 1. The molecule has 9 nitrogen and oxygen atoms in total. The smallest absolute Gasteiger partial charge is 0.328 e. The molecule has 0 spiro atoms. The molecule has 0 aliphatic carbocycles. The van der Waals surface area contributed by atoms with E-state index in [1.165, 1.54) is 4.90 Å². The van der Waals surface area contributed by atoms with Gasteiger partial charge in [0.05, 0.1) is 18.8 Å². The molecule has 0 aromatic carbocycles. The highest BCUT2D eigenvalue weighted by atomic mass is 16.5. The standard InChI is InChI=1S/C12H18N6O3/c1-21-8-9-6-18(15-14-9)10-2-4-16(7-10)12(20)17-5-3-13-11(17)19/h6,10H,2-5,7-8H2,1H3,(H,13,19)/t10-/m1/s1. The monoisotopic (exact) mass is 294 g/mol. The number of aromatic nitrogens is 3. The van der Waals surface area contributed by atoms with Gasteiger partial charge in [-0.1, -0.05) is 5.21 Å². The van der Waals surface area contributed by atoms with Crippen molar-refractivity contribution >= 4 is 12.1 Å². The molecule has 3 heterocycles. The molecular formula is C12H18N6O3. The van der Waals surface area contributed by atoms with Crippen molar-refractivity contribution in [2.45, 2.75) is 19.1 Å². The molecule has 9 heteroatoms. The van der Waals surface area contributed by atoms with E-state index in [0.717, 1.165) is 12.1 Å². The predicted octanol–water partition coefficient (Wildman–Crippen LogP) is -0.183. The van der Waals surface area contributed by atoms with Gasteiger partial charge in [0.15, 0.2) is 0 Å². The second kappa shape index (κ2) is 5.68. The lowest BCUT2D eigenvalue weighted by molar-refractivity contribution is 0.170. The van der Waals surface area contributed by atoms with Crippen molar-refractivity contribution in [3.8, 4) is 0 Å². The molecule has 2 fully saturated rings. The van der Waals surface area contributed by atoms with E-state index in [1.807, 2.05) is 6.20 Å². The molecule has 0 saturated carbocycles. The van der Waals surface area contributed by atoms with Crippen LogP contribution in [0.1, 0.15) is 18.2 Å². The van der Waals surface area contributed by atoms with Gasteiger partial charge in [-0.15, -0.1) is 5.10 Å². The third-order valence-electron chi connectivity index (χ3n) is 3.75. The highest BCUT2D eigenvalue weighted by molar-refractivity contribution is 5.95. The molecule has 0 unspecified atom stereocenters. The van der Waals surface area contributed by atoms with E-state index in [0.29, 0.717) is 32.8 Å². The van der Waals surface area contributed by atoms with Crippen LogP contribution in [0, 0.1) is 0 Å². The Morgan fingerprint density at radius 3 is 3.10 bits per heavy atom. The SMILES string of the molecule is COCc1cn([C@@H]2CCN(C(=O)N3CCNC3=O)C2)nn1. The minimum absolute atomic E-state index is 0.0951. The van der Waals surface area contributed by atoms with Crippen molar-refractivity contribution in [2.24, 2.45) is 0 Å². The van der Waals surface area contributed by atoms with E-state index in [4.69, 9.17) is 4.74 Å². The lowest BCUT2D eigenvalue weighted by atomic mass is 10.3. The number of carbonyl (C=O) groups is 2. The average Bonchev–Trinajstić information content (AvgIpc) is 3.17. The number of carbonyl (C=O) groups excluding carboxylic acids is 2. The summed E-state index contributed by atoms with van der Waals surface area (Å²) in [5.74, 6) is 0. The van der Waals surface area contributed by atoms with E-state index < -0.39 is 0 Å². The van der Waals surface area contributed by atoms with Crippen LogP contribution in [0.5, 0.6) is 0 Å². The fourth-order valence-electron chi connectivity index (χ4n) is 2.66. The Morgan fingerprint density at radius 1 is 1.52 bits per heavy atom. The van der Waals surface area contributed by atoms with Gasteiger partial charge in [0.25, 0.3) is 0 Å². The minimum atomic E-state index is -0.313. The van der Waals surface area contributed by atoms with Crippen LogP contribution >= 0.6 is 0 Å². The maximum Gasteiger partial charge on any atom is 0.328 e. The highest BCUT2D eigenvalue weighted by Crippen LogP contribution is 2.22. The van der Waals surface area contributed by atoms with Crippen LogP contribution in [-0.4, -0.2) is 70.1 Å². The van der Waals surface area contributed by atoms with Gasteiger partial charge >= 0.3 is 12.1 Å². The lowest BCUT2D eigenvalue weighted by Gasteiger charge is -2.21. The number of amides is 4. The molecule has 0 radical (unpaired) electrons. The zero-order valence-corrected chi connectivity index (χ0v) is 11.9. The zero-order chi connectivity index (χ0) is 14.8. The van der Waals surface area contributed by atoms with Gasteiger partial charge in [-0.05, 0) is 6.42 Å². The van der Waals surface area contributed by atoms with Crippen LogP contribution in [0.15, 0.2) is 6.20 Å². The van der Waals surface area contributed by atoms with Gasteiger partial charge < -0.3 is 15.0 Å². The van der Waals surface area contributed by atoms with Crippen molar-refractivity contribution < 1.29 is 14.3 Å². The molecule has 1 aromatic heterocycles. The van der Waals surface area contributed by atoms with Crippen LogP contribution in [0.2, 0.25) is 0 Å². The zero-order valence-electron chi connectivity index (χ0n) is 11.9. The molecule has 1 aromatic rings. The first-order chi connectivity index (χ1) is 10.2. The Labute approximate surface area is 121 Å². The summed E-state index contributed by atoms with van der Waals surface area (Å²) in [7, 11) is 1.61. The number of hydrogen-bond acceptors (Lipinski definition) is 5. The number of ether oxygens (including phenoxy) is 1. The number of hydrogen-bond donors (Lipinski definition) is 1. The first-order valence-electron chi connectivity index (χ1n) is 6.93. The quantitative estimate of drug-likeness (QED) is 0.834. The van der Waals surface area contributed by atoms with Gasteiger partial charge in [0.1, 0.15) is 5.69 Å². The largest absolute Gasteiger partial charge is 0.378 e. The summed E-state index contributed by atoms with van der Waals surface area (Å²) in [6.07, 6.45) is 2.64. The Morgan fingerprint density at radius 2 is 2.38 bits per heavy atom. The van der Waals surface area contributed by atoms with Gasteiger partial charge in [-0.2, -0.15) is 0 Å². The van der Waals surface area contributed by atoms with Gasteiger partial charge in [0.2, 0.25) is 0 Å². The molecule has 2 aliphatic heterocycles. The Balaban J connectivity index is 1.62. The maximum atomic E-state index is 12.3. The summed E-state index contributed by atoms with van der Waals surface area (Å²) in [6.45, 7) is 2.53. The number of imide groups is 1. The van der Waals surface area contributed by atoms with Crippen LogP contribution in [-0.2, 0) is 11.3 Å². The molecule has 3 rings (SSSR count). The molecule has 1 N–H and O–H groups in total.